The third-order valence-electron chi connectivity index (χ3n) is 3.25. The Bertz CT molecular complexity index is 437. The first-order valence-electron chi connectivity index (χ1n) is 6.49. The molecule has 2 unspecified atom stereocenters. The Morgan fingerprint density at radius 1 is 1.26 bits per heavy atom. The van der Waals surface area contributed by atoms with Gasteiger partial charge in [0.05, 0.1) is 19.3 Å². The van der Waals surface area contributed by atoms with E-state index < -0.39 is 0 Å². The van der Waals surface area contributed by atoms with Crippen molar-refractivity contribution in [3.63, 3.8) is 0 Å². The molecule has 0 bridgehead atoms. The maximum absolute atomic E-state index is 9.22. The monoisotopic (exact) mass is 260 g/mol. The molecule has 0 saturated heterocycles. The Balaban J connectivity index is 1.96. The van der Waals surface area contributed by atoms with Crippen LogP contribution in [0.15, 0.2) is 54.1 Å². The molecule has 0 aliphatic heterocycles. The molecule has 1 N–H and O–H groups in total. The summed E-state index contributed by atoms with van der Waals surface area (Å²) in [6, 6.07) is 10.1. The molecule has 3 nitrogen and oxygen atoms in total. The molecule has 1 aliphatic rings. The van der Waals surface area contributed by atoms with Crippen LogP contribution in [-0.2, 0) is 16.1 Å². The first-order chi connectivity index (χ1) is 9.33. The molecule has 2 rings (SSSR count). The van der Waals surface area contributed by atoms with E-state index in [9.17, 15) is 5.11 Å². The van der Waals surface area contributed by atoms with Crippen molar-refractivity contribution in [2.45, 2.75) is 25.2 Å². The van der Waals surface area contributed by atoms with Crippen LogP contribution in [0.1, 0.15) is 12.0 Å². The van der Waals surface area contributed by atoms with E-state index in [-0.39, 0.29) is 18.8 Å². The third-order valence-corrected chi connectivity index (χ3v) is 3.25. The lowest BCUT2D eigenvalue weighted by atomic mass is 10.1. The number of methoxy groups -OCH3 is 1. The van der Waals surface area contributed by atoms with Gasteiger partial charge in [0.2, 0.25) is 0 Å². The molecule has 1 aromatic rings. The highest BCUT2D eigenvalue weighted by Crippen LogP contribution is 2.19. The van der Waals surface area contributed by atoms with E-state index in [2.05, 4.69) is 0 Å². The second-order valence-corrected chi connectivity index (χ2v) is 4.61. The predicted molar refractivity (Wildman–Crippen MR) is 74.7 cm³/mol. The molecule has 102 valence electrons. The number of rotatable bonds is 5. The summed E-state index contributed by atoms with van der Waals surface area (Å²) in [5.74, 6) is 0. The minimum atomic E-state index is -0.0921. The van der Waals surface area contributed by atoms with Crippen LogP contribution < -0.4 is 0 Å². The van der Waals surface area contributed by atoms with E-state index in [4.69, 9.17) is 9.47 Å². The van der Waals surface area contributed by atoms with Gasteiger partial charge in [0.15, 0.2) is 0 Å². The summed E-state index contributed by atoms with van der Waals surface area (Å²) < 4.78 is 11.4. The standard InChI is InChI=1S/C16H20O3/c1-18-16-10-14(11-17)8-5-9-15(16)19-12-13-6-3-2-4-7-13/h2-9,15-17H,10-12H2,1H3. The molecule has 1 aliphatic carbocycles. The van der Waals surface area contributed by atoms with Gasteiger partial charge < -0.3 is 14.6 Å². The topological polar surface area (TPSA) is 38.7 Å². The van der Waals surface area contributed by atoms with Crippen molar-refractivity contribution in [3.05, 3.63) is 59.7 Å². The Hall–Kier alpha value is -1.42. The highest BCUT2D eigenvalue weighted by atomic mass is 16.5. The Labute approximate surface area is 114 Å². The van der Waals surface area contributed by atoms with Gasteiger partial charge in [-0.3, -0.25) is 0 Å². The number of aliphatic hydroxyl groups is 1. The third kappa shape index (κ3) is 4.03. The van der Waals surface area contributed by atoms with Crippen molar-refractivity contribution in [2.24, 2.45) is 0 Å². The number of aliphatic hydroxyl groups excluding tert-OH is 1. The minimum absolute atomic E-state index is 0.0548. The van der Waals surface area contributed by atoms with Crippen LogP contribution in [0.5, 0.6) is 0 Å². The molecule has 0 aromatic heterocycles. The van der Waals surface area contributed by atoms with Gasteiger partial charge >= 0.3 is 0 Å². The van der Waals surface area contributed by atoms with Gasteiger partial charge in [0, 0.05) is 7.11 Å². The van der Waals surface area contributed by atoms with E-state index in [0.717, 1.165) is 11.1 Å². The summed E-state index contributed by atoms with van der Waals surface area (Å²) in [5.41, 5.74) is 2.11. The number of benzene rings is 1. The zero-order valence-electron chi connectivity index (χ0n) is 11.2. The van der Waals surface area contributed by atoms with Crippen LogP contribution in [0, 0.1) is 0 Å². The molecule has 3 heteroatoms. The summed E-state index contributed by atoms with van der Waals surface area (Å²) in [6.45, 7) is 0.625. The highest BCUT2D eigenvalue weighted by molar-refractivity contribution is 5.20. The van der Waals surface area contributed by atoms with Gasteiger partial charge in [-0.15, -0.1) is 0 Å². The van der Waals surface area contributed by atoms with Crippen LogP contribution >= 0.6 is 0 Å². The van der Waals surface area contributed by atoms with E-state index in [1.807, 2.05) is 48.6 Å². The zero-order chi connectivity index (χ0) is 13.5. The molecule has 0 fully saturated rings. The van der Waals surface area contributed by atoms with Crippen molar-refractivity contribution in [1.29, 1.82) is 0 Å². The van der Waals surface area contributed by atoms with Crippen LogP contribution in [0.25, 0.3) is 0 Å². The van der Waals surface area contributed by atoms with Crippen LogP contribution in [0.3, 0.4) is 0 Å². The summed E-state index contributed by atoms with van der Waals surface area (Å²) in [7, 11) is 1.68. The molecule has 0 amide bonds. The molecule has 1 aromatic carbocycles. The summed E-state index contributed by atoms with van der Waals surface area (Å²) in [5, 5.41) is 9.22. The minimum Gasteiger partial charge on any atom is -0.392 e. The van der Waals surface area contributed by atoms with E-state index in [1.54, 1.807) is 7.11 Å². The summed E-state index contributed by atoms with van der Waals surface area (Å²) in [4.78, 5) is 0. The first-order valence-corrected chi connectivity index (χ1v) is 6.49. The lowest BCUT2D eigenvalue weighted by Gasteiger charge is -2.23. The predicted octanol–water partition coefficient (Wildman–Crippen LogP) is 2.47. The number of ether oxygens (including phenoxy) is 2. The van der Waals surface area contributed by atoms with Gasteiger partial charge in [0.1, 0.15) is 6.10 Å². The van der Waals surface area contributed by atoms with Crippen molar-refractivity contribution in [1.82, 2.24) is 0 Å². The second-order valence-electron chi connectivity index (χ2n) is 4.61. The average molecular weight is 260 g/mol. The lowest BCUT2D eigenvalue weighted by Crippen LogP contribution is -2.29. The molecule has 19 heavy (non-hydrogen) atoms. The molecule has 0 spiro atoms. The van der Waals surface area contributed by atoms with Gasteiger partial charge in [-0.2, -0.15) is 0 Å². The largest absolute Gasteiger partial charge is 0.392 e. The number of hydrogen-bond donors (Lipinski definition) is 1. The van der Waals surface area contributed by atoms with Crippen molar-refractivity contribution >= 4 is 0 Å². The summed E-state index contributed by atoms with van der Waals surface area (Å²) in [6.07, 6.45) is 6.39. The molecule has 0 radical (unpaired) electrons. The van der Waals surface area contributed by atoms with Crippen molar-refractivity contribution in [3.8, 4) is 0 Å². The van der Waals surface area contributed by atoms with Crippen molar-refractivity contribution < 1.29 is 14.6 Å². The van der Waals surface area contributed by atoms with Crippen molar-refractivity contribution in [2.75, 3.05) is 13.7 Å². The van der Waals surface area contributed by atoms with E-state index >= 15 is 0 Å². The molecular formula is C16H20O3. The lowest BCUT2D eigenvalue weighted by molar-refractivity contribution is -0.0388. The Morgan fingerprint density at radius 3 is 2.74 bits per heavy atom. The molecule has 0 saturated carbocycles. The number of allylic oxidation sites excluding steroid dienone is 2. The fourth-order valence-corrected chi connectivity index (χ4v) is 2.13. The van der Waals surface area contributed by atoms with Gasteiger partial charge in [0.25, 0.3) is 0 Å². The van der Waals surface area contributed by atoms with Gasteiger partial charge in [-0.05, 0) is 17.6 Å². The maximum atomic E-state index is 9.22. The Kier molecular flexibility index (Phi) is 5.33. The van der Waals surface area contributed by atoms with Crippen LogP contribution in [0.4, 0.5) is 0 Å². The quantitative estimate of drug-likeness (QED) is 0.884. The van der Waals surface area contributed by atoms with Gasteiger partial charge in [-0.1, -0.05) is 48.6 Å². The van der Waals surface area contributed by atoms with Crippen LogP contribution in [0.2, 0.25) is 0 Å². The molecule has 2 atom stereocenters. The number of hydrogen-bond acceptors (Lipinski definition) is 3. The first kappa shape index (κ1) is 14.0. The summed E-state index contributed by atoms with van der Waals surface area (Å²) >= 11 is 0. The average Bonchev–Trinajstić information content (AvgIpc) is 2.67. The van der Waals surface area contributed by atoms with Gasteiger partial charge in [-0.25, -0.2) is 0 Å². The highest BCUT2D eigenvalue weighted by Gasteiger charge is 2.22. The van der Waals surface area contributed by atoms with E-state index in [1.165, 1.54) is 0 Å². The van der Waals surface area contributed by atoms with Crippen LogP contribution in [-0.4, -0.2) is 31.0 Å². The SMILES string of the molecule is COC1CC(CO)=CC=CC1OCc1ccccc1. The van der Waals surface area contributed by atoms with E-state index in [0.29, 0.717) is 13.0 Å². The molecule has 0 heterocycles. The Morgan fingerprint density at radius 2 is 2.05 bits per heavy atom. The maximum Gasteiger partial charge on any atom is 0.103 e. The molecular weight excluding hydrogens is 240 g/mol. The fourth-order valence-electron chi connectivity index (χ4n) is 2.13. The fraction of sp³-hybridized carbons (Fsp3) is 0.375. The smallest absolute Gasteiger partial charge is 0.103 e. The normalized spacial score (nSPS) is 22.9. The zero-order valence-corrected chi connectivity index (χ0v) is 11.2. The second kappa shape index (κ2) is 7.24.